The molecule has 0 aliphatic heterocycles. The number of hydrogen-bond acceptors (Lipinski definition) is 4. The molecule has 5 nitrogen and oxygen atoms in total. The lowest BCUT2D eigenvalue weighted by atomic mass is 10.2. The Hall–Kier alpha value is -1.92. The highest BCUT2D eigenvalue weighted by molar-refractivity contribution is 9.10. The van der Waals surface area contributed by atoms with E-state index in [0.29, 0.717) is 18.9 Å². The number of halogens is 1. The molecule has 0 unspecified atom stereocenters. The second kappa shape index (κ2) is 7.02. The fourth-order valence-corrected chi connectivity index (χ4v) is 1.89. The zero-order chi connectivity index (χ0) is 14.4. The molecular formula is C14H14BrN3O2. The van der Waals surface area contributed by atoms with Crippen molar-refractivity contribution >= 4 is 21.8 Å². The van der Waals surface area contributed by atoms with Gasteiger partial charge in [-0.25, -0.2) is 0 Å². The molecule has 2 rings (SSSR count). The second-order valence-electron chi connectivity index (χ2n) is 4.15. The maximum atomic E-state index is 8.61. The van der Waals surface area contributed by atoms with Crippen LogP contribution in [0, 0.1) is 0 Å². The number of oxime groups is 1. The van der Waals surface area contributed by atoms with Gasteiger partial charge in [0, 0.05) is 10.7 Å². The fraction of sp³-hybridized carbons (Fsp3) is 0.143. The number of ether oxygens (including phenoxy) is 1. The first-order valence-corrected chi connectivity index (χ1v) is 6.73. The molecule has 1 heterocycles. The molecule has 0 amide bonds. The number of hydrogen-bond donors (Lipinski definition) is 2. The van der Waals surface area contributed by atoms with Crippen LogP contribution < -0.4 is 5.73 Å². The maximum Gasteiger partial charge on any atom is 0.188 e. The number of aromatic nitrogens is 1. The number of nitrogens with zero attached hydrogens (tertiary/aromatic N) is 2. The molecule has 0 bridgehead atoms. The minimum Gasteiger partial charge on any atom is -0.409 e. The van der Waals surface area contributed by atoms with Gasteiger partial charge in [-0.15, -0.1) is 0 Å². The van der Waals surface area contributed by atoms with Gasteiger partial charge in [-0.3, -0.25) is 4.98 Å². The van der Waals surface area contributed by atoms with Gasteiger partial charge in [-0.1, -0.05) is 33.2 Å². The van der Waals surface area contributed by atoms with E-state index < -0.39 is 0 Å². The van der Waals surface area contributed by atoms with Crippen molar-refractivity contribution in [3.05, 3.63) is 63.9 Å². The molecule has 0 saturated carbocycles. The standard InChI is InChI=1S/C14H14BrN3O2/c15-12-3-1-10(2-4-12)8-20-9-11-5-6-17-13(7-11)14(16)18-19/h1-7,19H,8-9H2,(H2,16,18). The van der Waals surface area contributed by atoms with Gasteiger partial charge in [0.25, 0.3) is 0 Å². The first kappa shape index (κ1) is 14.5. The molecule has 20 heavy (non-hydrogen) atoms. The van der Waals surface area contributed by atoms with E-state index in [-0.39, 0.29) is 5.84 Å². The highest BCUT2D eigenvalue weighted by Crippen LogP contribution is 2.12. The smallest absolute Gasteiger partial charge is 0.188 e. The monoisotopic (exact) mass is 335 g/mol. The Balaban J connectivity index is 1.92. The van der Waals surface area contributed by atoms with Crippen molar-refractivity contribution in [1.29, 1.82) is 0 Å². The Morgan fingerprint density at radius 1 is 1.20 bits per heavy atom. The van der Waals surface area contributed by atoms with Crippen molar-refractivity contribution in [2.75, 3.05) is 0 Å². The summed E-state index contributed by atoms with van der Waals surface area (Å²) in [6.45, 7) is 0.957. The van der Waals surface area contributed by atoms with Gasteiger partial charge in [-0.2, -0.15) is 0 Å². The van der Waals surface area contributed by atoms with Gasteiger partial charge >= 0.3 is 0 Å². The van der Waals surface area contributed by atoms with E-state index in [9.17, 15) is 0 Å². The summed E-state index contributed by atoms with van der Waals surface area (Å²) in [7, 11) is 0. The Morgan fingerprint density at radius 2 is 1.90 bits per heavy atom. The van der Waals surface area contributed by atoms with E-state index in [2.05, 4.69) is 26.1 Å². The van der Waals surface area contributed by atoms with Gasteiger partial charge in [0.2, 0.25) is 0 Å². The first-order valence-electron chi connectivity index (χ1n) is 5.94. The highest BCUT2D eigenvalue weighted by atomic mass is 79.9. The molecule has 0 fully saturated rings. The molecule has 0 radical (unpaired) electrons. The predicted octanol–water partition coefficient (Wildman–Crippen LogP) is 2.66. The van der Waals surface area contributed by atoms with Crippen LogP contribution in [0.25, 0.3) is 0 Å². The van der Waals surface area contributed by atoms with Crippen LogP contribution in [0.15, 0.2) is 52.2 Å². The van der Waals surface area contributed by atoms with Gasteiger partial charge in [-0.05, 0) is 35.4 Å². The second-order valence-corrected chi connectivity index (χ2v) is 5.07. The molecule has 6 heteroatoms. The summed E-state index contributed by atoms with van der Waals surface area (Å²) in [5, 5.41) is 11.5. The SMILES string of the molecule is N/C(=N/O)c1cc(COCc2ccc(Br)cc2)ccn1. The van der Waals surface area contributed by atoms with E-state index in [0.717, 1.165) is 15.6 Å². The van der Waals surface area contributed by atoms with Gasteiger partial charge < -0.3 is 15.7 Å². The van der Waals surface area contributed by atoms with Crippen LogP contribution in [0.3, 0.4) is 0 Å². The van der Waals surface area contributed by atoms with Gasteiger partial charge in [0.1, 0.15) is 5.69 Å². The third-order valence-electron chi connectivity index (χ3n) is 2.65. The zero-order valence-corrected chi connectivity index (χ0v) is 12.2. The summed E-state index contributed by atoms with van der Waals surface area (Å²) in [6.07, 6.45) is 1.60. The van der Waals surface area contributed by atoms with Gasteiger partial charge in [0.05, 0.1) is 13.2 Å². The highest BCUT2D eigenvalue weighted by Gasteiger charge is 2.02. The Morgan fingerprint density at radius 3 is 2.60 bits per heavy atom. The van der Waals surface area contributed by atoms with E-state index >= 15 is 0 Å². The molecule has 0 atom stereocenters. The molecule has 1 aromatic carbocycles. The summed E-state index contributed by atoms with van der Waals surface area (Å²) in [4.78, 5) is 4.01. The minimum absolute atomic E-state index is 0.0141. The zero-order valence-electron chi connectivity index (χ0n) is 10.7. The lowest BCUT2D eigenvalue weighted by Crippen LogP contribution is -2.15. The normalized spacial score (nSPS) is 11.6. The van der Waals surface area contributed by atoms with Crippen LogP contribution in [0.5, 0.6) is 0 Å². The third-order valence-corrected chi connectivity index (χ3v) is 3.17. The fourth-order valence-electron chi connectivity index (χ4n) is 1.62. The number of amidine groups is 1. The molecule has 0 spiro atoms. The summed E-state index contributed by atoms with van der Waals surface area (Å²) >= 11 is 3.39. The molecule has 0 aliphatic rings. The summed E-state index contributed by atoms with van der Waals surface area (Å²) in [5.74, 6) is -0.0141. The summed E-state index contributed by atoms with van der Waals surface area (Å²) < 4.78 is 6.67. The third kappa shape index (κ3) is 4.04. The lowest BCUT2D eigenvalue weighted by molar-refractivity contribution is 0.107. The van der Waals surface area contributed by atoms with Crippen LogP contribution in [0.1, 0.15) is 16.8 Å². The number of benzene rings is 1. The Kier molecular flexibility index (Phi) is 5.09. The molecule has 104 valence electrons. The molecule has 3 N–H and O–H groups in total. The predicted molar refractivity (Wildman–Crippen MR) is 79.4 cm³/mol. The molecular weight excluding hydrogens is 322 g/mol. The van der Waals surface area contributed by atoms with E-state index in [1.165, 1.54) is 0 Å². The van der Waals surface area contributed by atoms with Crippen molar-refractivity contribution in [2.24, 2.45) is 10.9 Å². The van der Waals surface area contributed by atoms with Crippen molar-refractivity contribution < 1.29 is 9.94 Å². The van der Waals surface area contributed by atoms with Crippen molar-refractivity contribution in [3.63, 3.8) is 0 Å². The molecule has 2 aromatic rings. The van der Waals surface area contributed by atoms with Crippen molar-refractivity contribution in [3.8, 4) is 0 Å². The van der Waals surface area contributed by atoms with Gasteiger partial charge in [0.15, 0.2) is 5.84 Å². The minimum atomic E-state index is -0.0141. The average Bonchev–Trinajstić information content (AvgIpc) is 2.49. The maximum absolute atomic E-state index is 8.61. The first-order chi connectivity index (χ1) is 9.69. The molecule has 0 saturated heterocycles. The lowest BCUT2D eigenvalue weighted by Gasteiger charge is -2.06. The largest absolute Gasteiger partial charge is 0.409 e. The Bertz CT molecular complexity index is 600. The van der Waals surface area contributed by atoms with Crippen LogP contribution in [-0.4, -0.2) is 16.0 Å². The number of rotatable bonds is 5. The van der Waals surface area contributed by atoms with E-state index in [1.807, 2.05) is 30.3 Å². The molecule has 1 aromatic heterocycles. The van der Waals surface area contributed by atoms with Crippen LogP contribution in [0.4, 0.5) is 0 Å². The number of nitrogens with two attached hydrogens (primary N) is 1. The topological polar surface area (TPSA) is 80.7 Å². The average molecular weight is 336 g/mol. The van der Waals surface area contributed by atoms with E-state index in [1.54, 1.807) is 12.3 Å². The quantitative estimate of drug-likeness (QED) is 0.381. The Labute approximate surface area is 125 Å². The van der Waals surface area contributed by atoms with Crippen LogP contribution in [-0.2, 0) is 18.0 Å². The van der Waals surface area contributed by atoms with Crippen LogP contribution >= 0.6 is 15.9 Å². The van der Waals surface area contributed by atoms with Crippen molar-refractivity contribution in [2.45, 2.75) is 13.2 Å². The van der Waals surface area contributed by atoms with E-state index in [4.69, 9.17) is 15.7 Å². The number of pyridine rings is 1. The molecule has 0 aliphatic carbocycles. The van der Waals surface area contributed by atoms with Crippen molar-refractivity contribution in [1.82, 2.24) is 4.98 Å². The summed E-state index contributed by atoms with van der Waals surface area (Å²) in [5.41, 5.74) is 7.93. The van der Waals surface area contributed by atoms with Crippen LogP contribution in [0.2, 0.25) is 0 Å². The summed E-state index contributed by atoms with van der Waals surface area (Å²) in [6, 6.07) is 11.5.